The average molecular weight is 327 g/mol. The highest BCUT2D eigenvalue weighted by molar-refractivity contribution is 7.89. The third-order valence-electron chi connectivity index (χ3n) is 3.92. The first kappa shape index (κ1) is 16.3. The molecular weight excluding hydrogens is 308 g/mol. The second kappa shape index (κ2) is 7.26. The number of rotatable bonds is 5. The molecule has 0 atom stereocenters. The van der Waals surface area contributed by atoms with Crippen molar-refractivity contribution in [1.29, 1.82) is 5.26 Å². The summed E-state index contributed by atoms with van der Waals surface area (Å²) in [6.07, 6.45) is 7.05. The Bertz CT molecular complexity index is 632. The van der Waals surface area contributed by atoms with E-state index in [4.69, 9.17) is 16.9 Å². The molecule has 114 valence electrons. The summed E-state index contributed by atoms with van der Waals surface area (Å²) in [4.78, 5) is 0.0341. The lowest BCUT2D eigenvalue weighted by Gasteiger charge is -2.21. The molecule has 0 amide bonds. The first-order valence-corrected chi connectivity index (χ1v) is 9.08. The van der Waals surface area contributed by atoms with Crippen molar-refractivity contribution < 1.29 is 8.42 Å². The first-order valence-electron chi connectivity index (χ1n) is 7.22. The summed E-state index contributed by atoms with van der Waals surface area (Å²) in [7, 11) is -3.61. The van der Waals surface area contributed by atoms with E-state index in [1.807, 2.05) is 6.07 Å². The molecule has 2 rings (SSSR count). The predicted octanol–water partition coefficient (Wildman–Crippen LogP) is 3.46. The van der Waals surface area contributed by atoms with Crippen LogP contribution in [0.5, 0.6) is 0 Å². The Morgan fingerprint density at radius 1 is 1.29 bits per heavy atom. The van der Waals surface area contributed by atoms with E-state index in [0.29, 0.717) is 18.0 Å². The maximum Gasteiger partial charge on any atom is 0.242 e. The van der Waals surface area contributed by atoms with Crippen molar-refractivity contribution in [2.45, 2.75) is 43.4 Å². The van der Waals surface area contributed by atoms with Gasteiger partial charge in [0.2, 0.25) is 10.0 Å². The molecule has 1 fully saturated rings. The summed E-state index contributed by atoms with van der Waals surface area (Å²) in [5.41, 5.74) is 0.348. The van der Waals surface area contributed by atoms with Crippen LogP contribution in [0.1, 0.15) is 44.1 Å². The Morgan fingerprint density at radius 3 is 2.62 bits per heavy atom. The normalized spacial score (nSPS) is 16.6. The van der Waals surface area contributed by atoms with Gasteiger partial charge < -0.3 is 0 Å². The van der Waals surface area contributed by atoms with Crippen molar-refractivity contribution in [1.82, 2.24) is 4.72 Å². The van der Waals surface area contributed by atoms with E-state index in [9.17, 15) is 8.42 Å². The molecule has 0 heterocycles. The van der Waals surface area contributed by atoms with Gasteiger partial charge in [0.1, 0.15) is 4.90 Å². The molecule has 1 saturated carbocycles. The lowest BCUT2D eigenvalue weighted by atomic mass is 9.87. The molecular formula is C15H19ClN2O2S. The third-order valence-corrected chi connectivity index (χ3v) is 5.86. The molecule has 1 aliphatic rings. The molecule has 0 aliphatic heterocycles. The van der Waals surface area contributed by atoms with Crippen molar-refractivity contribution in [2.24, 2.45) is 5.92 Å². The van der Waals surface area contributed by atoms with Gasteiger partial charge in [-0.2, -0.15) is 5.26 Å². The SMILES string of the molecule is N#Cc1ccc(S(=O)(=O)NCCC2CCCCC2)c(Cl)c1. The largest absolute Gasteiger partial charge is 0.242 e. The van der Waals surface area contributed by atoms with Gasteiger partial charge in [0.25, 0.3) is 0 Å². The molecule has 6 heteroatoms. The molecule has 21 heavy (non-hydrogen) atoms. The van der Waals surface area contributed by atoms with Gasteiger partial charge >= 0.3 is 0 Å². The van der Waals surface area contributed by atoms with Crippen molar-refractivity contribution in [2.75, 3.05) is 6.54 Å². The minimum absolute atomic E-state index is 0.0341. The second-order valence-corrected chi connectivity index (χ2v) is 7.59. The lowest BCUT2D eigenvalue weighted by Crippen LogP contribution is -2.27. The van der Waals surface area contributed by atoms with E-state index >= 15 is 0 Å². The van der Waals surface area contributed by atoms with Gasteiger partial charge in [0.05, 0.1) is 16.7 Å². The van der Waals surface area contributed by atoms with E-state index in [-0.39, 0.29) is 9.92 Å². The highest BCUT2D eigenvalue weighted by atomic mass is 35.5. The predicted molar refractivity (Wildman–Crippen MR) is 82.5 cm³/mol. The average Bonchev–Trinajstić information content (AvgIpc) is 2.47. The quantitative estimate of drug-likeness (QED) is 0.900. The van der Waals surface area contributed by atoms with Gasteiger partial charge in [-0.1, -0.05) is 43.7 Å². The smallest absolute Gasteiger partial charge is 0.211 e. The molecule has 1 N–H and O–H groups in total. The van der Waals surface area contributed by atoms with Gasteiger partial charge in [-0.3, -0.25) is 0 Å². The zero-order valence-electron chi connectivity index (χ0n) is 11.8. The van der Waals surface area contributed by atoms with Crippen LogP contribution in [0.15, 0.2) is 23.1 Å². The first-order chi connectivity index (χ1) is 10.0. The van der Waals surface area contributed by atoms with Gasteiger partial charge in [-0.15, -0.1) is 0 Å². The van der Waals surface area contributed by atoms with Gasteiger partial charge in [-0.05, 0) is 30.5 Å². The summed E-state index contributed by atoms with van der Waals surface area (Å²) < 4.78 is 27.0. The molecule has 0 radical (unpaired) electrons. The summed E-state index contributed by atoms with van der Waals surface area (Å²) in [5.74, 6) is 0.623. The van der Waals surface area contributed by atoms with Crippen LogP contribution in [0.4, 0.5) is 0 Å². The van der Waals surface area contributed by atoms with Crippen molar-refractivity contribution in [3.8, 4) is 6.07 Å². The zero-order chi connectivity index (χ0) is 15.3. The molecule has 1 aromatic carbocycles. The highest BCUT2D eigenvalue weighted by Crippen LogP contribution is 2.26. The van der Waals surface area contributed by atoms with E-state index in [0.717, 1.165) is 6.42 Å². The fourth-order valence-corrected chi connectivity index (χ4v) is 4.33. The van der Waals surface area contributed by atoms with Crippen LogP contribution in [0.3, 0.4) is 0 Å². The van der Waals surface area contributed by atoms with Crippen LogP contribution < -0.4 is 4.72 Å². The fourth-order valence-electron chi connectivity index (χ4n) is 2.74. The zero-order valence-corrected chi connectivity index (χ0v) is 13.4. The van der Waals surface area contributed by atoms with Crippen LogP contribution in [-0.4, -0.2) is 15.0 Å². The number of nitrogens with one attached hydrogen (secondary N) is 1. The van der Waals surface area contributed by atoms with Crippen molar-refractivity contribution in [3.63, 3.8) is 0 Å². The minimum atomic E-state index is -3.61. The van der Waals surface area contributed by atoms with Gasteiger partial charge in [0.15, 0.2) is 0 Å². The summed E-state index contributed by atoms with van der Waals surface area (Å²) >= 11 is 5.95. The highest BCUT2D eigenvalue weighted by Gasteiger charge is 2.19. The van der Waals surface area contributed by atoms with E-state index in [1.54, 1.807) is 0 Å². The van der Waals surface area contributed by atoms with E-state index in [2.05, 4.69) is 4.72 Å². The standard InChI is InChI=1S/C15H19ClN2O2S/c16-14-10-13(11-17)6-7-15(14)21(19,20)18-9-8-12-4-2-1-3-5-12/h6-7,10,12,18H,1-5,8-9H2. The van der Waals surface area contributed by atoms with E-state index < -0.39 is 10.0 Å². The van der Waals surface area contributed by atoms with Crippen LogP contribution in [-0.2, 0) is 10.0 Å². The van der Waals surface area contributed by atoms with Crippen LogP contribution in [0, 0.1) is 17.2 Å². The van der Waals surface area contributed by atoms with Crippen molar-refractivity contribution in [3.05, 3.63) is 28.8 Å². The number of sulfonamides is 1. The monoisotopic (exact) mass is 326 g/mol. The molecule has 0 aromatic heterocycles. The summed E-state index contributed by atoms with van der Waals surface area (Å²) in [5, 5.41) is 8.85. The molecule has 0 saturated heterocycles. The molecule has 1 aliphatic carbocycles. The van der Waals surface area contributed by atoms with Crippen molar-refractivity contribution >= 4 is 21.6 Å². The van der Waals surface area contributed by atoms with Crippen LogP contribution >= 0.6 is 11.6 Å². The van der Waals surface area contributed by atoms with Gasteiger partial charge in [0, 0.05) is 6.54 Å². The number of halogens is 1. The minimum Gasteiger partial charge on any atom is -0.211 e. The summed E-state index contributed by atoms with van der Waals surface area (Å²) in [6.45, 7) is 0.434. The van der Waals surface area contributed by atoms with Gasteiger partial charge in [-0.25, -0.2) is 13.1 Å². The maximum atomic E-state index is 12.2. The third kappa shape index (κ3) is 4.44. The molecule has 0 unspecified atom stereocenters. The number of hydrogen-bond donors (Lipinski definition) is 1. The second-order valence-electron chi connectivity index (χ2n) is 5.45. The number of benzene rings is 1. The number of hydrogen-bond acceptors (Lipinski definition) is 3. The van der Waals surface area contributed by atoms with Crippen LogP contribution in [0.25, 0.3) is 0 Å². The molecule has 1 aromatic rings. The Morgan fingerprint density at radius 2 is 2.00 bits per heavy atom. The Balaban J connectivity index is 1.96. The summed E-state index contributed by atoms with van der Waals surface area (Å²) in [6, 6.07) is 6.14. The van der Waals surface area contributed by atoms with Crippen LogP contribution in [0.2, 0.25) is 5.02 Å². The Hall–Kier alpha value is -1.09. The Labute approximate surface area is 131 Å². The topological polar surface area (TPSA) is 70.0 Å². The fraction of sp³-hybridized carbons (Fsp3) is 0.533. The lowest BCUT2D eigenvalue weighted by molar-refractivity contribution is 0.339. The molecule has 0 spiro atoms. The Kier molecular flexibility index (Phi) is 5.63. The number of nitrogens with zero attached hydrogens (tertiary/aromatic N) is 1. The van der Waals surface area contributed by atoms with E-state index in [1.165, 1.54) is 50.3 Å². The molecule has 0 bridgehead atoms. The molecule has 4 nitrogen and oxygen atoms in total. The maximum absolute atomic E-state index is 12.2. The number of nitriles is 1.